The zero-order valence-electron chi connectivity index (χ0n) is 11.6. The second kappa shape index (κ2) is 11.4. The van der Waals surface area contributed by atoms with Gasteiger partial charge in [-0.15, -0.1) is 12.4 Å². The summed E-state index contributed by atoms with van der Waals surface area (Å²) in [6, 6.07) is 8.26. The highest BCUT2D eigenvalue weighted by Gasteiger charge is 2.00. The van der Waals surface area contributed by atoms with Crippen molar-refractivity contribution in [2.75, 3.05) is 13.2 Å². The molecule has 1 aromatic rings. The third kappa shape index (κ3) is 6.87. The molecular formula is C15H26ClNO. The third-order valence-electron chi connectivity index (χ3n) is 2.80. The van der Waals surface area contributed by atoms with Gasteiger partial charge in [-0.2, -0.15) is 0 Å². The van der Waals surface area contributed by atoms with Crippen LogP contribution < -0.4 is 10.1 Å². The molecule has 0 bridgehead atoms. The quantitative estimate of drug-likeness (QED) is 0.681. The topological polar surface area (TPSA) is 21.3 Å². The molecule has 1 N–H and O–H groups in total. The van der Waals surface area contributed by atoms with Crippen LogP contribution in [-0.4, -0.2) is 13.2 Å². The van der Waals surface area contributed by atoms with Gasteiger partial charge in [0, 0.05) is 12.1 Å². The first-order chi connectivity index (χ1) is 8.38. The molecule has 0 atom stereocenters. The highest BCUT2D eigenvalue weighted by atomic mass is 35.5. The van der Waals surface area contributed by atoms with Gasteiger partial charge in [0.2, 0.25) is 0 Å². The standard InChI is InChI=1S/C15H25NO.ClH/c1-3-5-6-9-12-16-13-14-10-7-8-11-15(14)17-4-2;/h7-8,10-11,16H,3-6,9,12-13H2,1-2H3;1H. The largest absolute Gasteiger partial charge is 0.494 e. The van der Waals surface area contributed by atoms with Gasteiger partial charge in [-0.25, -0.2) is 0 Å². The fourth-order valence-corrected chi connectivity index (χ4v) is 1.85. The maximum Gasteiger partial charge on any atom is 0.123 e. The molecule has 0 saturated heterocycles. The van der Waals surface area contributed by atoms with Crippen molar-refractivity contribution in [1.29, 1.82) is 0 Å². The van der Waals surface area contributed by atoms with E-state index in [1.165, 1.54) is 31.2 Å². The summed E-state index contributed by atoms with van der Waals surface area (Å²) in [6.07, 6.45) is 5.24. The molecule has 104 valence electrons. The molecule has 0 aliphatic heterocycles. The fraction of sp³-hybridized carbons (Fsp3) is 0.600. The normalized spacial score (nSPS) is 9.89. The average Bonchev–Trinajstić information content (AvgIpc) is 2.36. The molecule has 0 amide bonds. The molecule has 1 rings (SSSR count). The van der Waals surface area contributed by atoms with Gasteiger partial charge in [0.05, 0.1) is 6.61 Å². The Bertz CT molecular complexity index is 304. The Hall–Kier alpha value is -0.730. The van der Waals surface area contributed by atoms with Crippen molar-refractivity contribution in [2.24, 2.45) is 0 Å². The molecule has 1 aromatic carbocycles. The number of nitrogens with one attached hydrogen (secondary N) is 1. The lowest BCUT2D eigenvalue weighted by molar-refractivity contribution is 0.335. The number of hydrogen-bond donors (Lipinski definition) is 1. The van der Waals surface area contributed by atoms with E-state index in [4.69, 9.17) is 4.74 Å². The Morgan fingerprint density at radius 2 is 1.83 bits per heavy atom. The molecule has 0 heterocycles. The van der Waals surface area contributed by atoms with Crippen LogP contribution in [0.5, 0.6) is 5.75 Å². The fourth-order valence-electron chi connectivity index (χ4n) is 1.85. The maximum atomic E-state index is 5.59. The summed E-state index contributed by atoms with van der Waals surface area (Å²) in [7, 11) is 0. The van der Waals surface area contributed by atoms with Crippen LogP contribution in [0.3, 0.4) is 0 Å². The van der Waals surface area contributed by atoms with E-state index in [2.05, 4.69) is 24.4 Å². The maximum absolute atomic E-state index is 5.59. The highest BCUT2D eigenvalue weighted by molar-refractivity contribution is 5.85. The number of para-hydroxylation sites is 1. The van der Waals surface area contributed by atoms with Gasteiger partial charge in [-0.05, 0) is 26.0 Å². The predicted molar refractivity (Wildman–Crippen MR) is 80.7 cm³/mol. The number of hydrogen-bond acceptors (Lipinski definition) is 2. The number of ether oxygens (including phenoxy) is 1. The zero-order chi connectivity index (χ0) is 12.3. The summed E-state index contributed by atoms with van der Waals surface area (Å²) in [5.74, 6) is 1.01. The van der Waals surface area contributed by atoms with Crippen LogP contribution in [0.2, 0.25) is 0 Å². The number of rotatable bonds is 9. The van der Waals surface area contributed by atoms with Gasteiger partial charge in [0.25, 0.3) is 0 Å². The second-order valence-electron chi connectivity index (χ2n) is 4.28. The van der Waals surface area contributed by atoms with Gasteiger partial charge < -0.3 is 10.1 Å². The molecule has 0 unspecified atom stereocenters. The first-order valence-electron chi connectivity index (χ1n) is 6.80. The number of benzene rings is 1. The minimum absolute atomic E-state index is 0. The van der Waals surface area contributed by atoms with E-state index in [0.29, 0.717) is 0 Å². The monoisotopic (exact) mass is 271 g/mol. The van der Waals surface area contributed by atoms with E-state index in [1.54, 1.807) is 0 Å². The SMILES string of the molecule is CCCCCCNCc1ccccc1OCC.Cl. The molecular weight excluding hydrogens is 246 g/mol. The molecule has 2 nitrogen and oxygen atoms in total. The van der Waals surface area contributed by atoms with Crippen molar-refractivity contribution in [3.63, 3.8) is 0 Å². The summed E-state index contributed by atoms with van der Waals surface area (Å²) in [6.45, 7) is 7.00. The van der Waals surface area contributed by atoms with E-state index in [9.17, 15) is 0 Å². The lowest BCUT2D eigenvalue weighted by Crippen LogP contribution is -2.15. The van der Waals surface area contributed by atoms with E-state index in [0.717, 1.165) is 25.4 Å². The van der Waals surface area contributed by atoms with E-state index in [1.807, 2.05) is 19.1 Å². The number of halogens is 1. The van der Waals surface area contributed by atoms with Gasteiger partial charge in [0.15, 0.2) is 0 Å². The summed E-state index contributed by atoms with van der Waals surface area (Å²) in [5, 5.41) is 3.48. The predicted octanol–water partition coefficient (Wildman–Crippen LogP) is 4.18. The minimum Gasteiger partial charge on any atom is -0.494 e. The van der Waals surface area contributed by atoms with E-state index in [-0.39, 0.29) is 12.4 Å². The first-order valence-corrected chi connectivity index (χ1v) is 6.80. The first kappa shape index (κ1) is 17.3. The van der Waals surface area contributed by atoms with Crippen molar-refractivity contribution in [2.45, 2.75) is 46.1 Å². The summed E-state index contributed by atoms with van der Waals surface area (Å²) in [5.41, 5.74) is 1.25. The lowest BCUT2D eigenvalue weighted by atomic mass is 10.2. The van der Waals surface area contributed by atoms with E-state index >= 15 is 0 Å². The van der Waals surface area contributed by atoms with Crippen molar-refractivity contribution >= 4 is 12.4 Å². The van der Waals surface area contributed by atoms with Gasteiger partial charge in [-0.1, -0.05) is 44.4 Å². The van der Waals surface area contributed by atoms with Gasteiger partial charge in [-0.3, -0.25) is 0 Å². The Morgan fingerprint density at radius 1 is 1.06 bits per heavy atom. The molecule has 0 aliphatic carbocycles. The van der Waals surface area contributed by atoms with Crippen molar-refractivity contribution < 1.29 is 4.74 Å². The zero-order valence-corrected chi connectivity index (χ0v) is 12.4. The van der Waals surface area contributed by atoms with Crippen LogP contribution in [-0.2, 0) is 6.54 Å². The van der Waals surface area contributed by atoms with Crippen LogP contribution in [0.4, 0.5) is 0 Å². The average molecular weight is 272 g/mol. The lowest BCUT2D eigenvalue weighted by Gasteiger charge is -2.10. The van der Waals surface area contributed by atoms with Gasteiger partial charge >= 0.3 is 0 Å². The molecule has 0 aromatic heterocycles. The number of unbranched alkanes of at least 4 members (excludes halogenated alkanes) is 3. The van der Waals surface area contributed by atoms with Crippen molar-refractivity contribution in [1.82, 2.24) is 5.32 Å². The molecule has 3 heteroatoms. The smallest absolute Gasteiger partial charge is 0.123 e. The highest BCUT2D eigenvalue weighted by Crippen LogP contribution is 2.17. The Morgan fingerprint density at radius 3 is 2.56 bits per heavy atom. The van der Waals surface area contributed by atoms with Crippen molar-refractivity contribution in [3.05, 3.63) is 29.8 Å². The Balaban J connectivity index is 0.00000289. The van der Waals surface area contributed by atoms with E-state index < -0.39 is 0 Å². The van der Waals surface area contributed by atoms with Crippen LogP contribution in [0.1, 0.15) is 45.1 Å². The summed E-state index contributed by atoms with van der Waals surface area (Å²) in [4.78, 5) is 0. The Kier molecular flexibility index (Phi) is 10.9. The van der Waals surface area contributed by atoms with Crippen LogP contribution >= 0.6 is 12.4 Å². The summed E-state index contributed by atoms with van der Waals surface area (Å²) >= 11 is 0. The molecule has 0 radical (unpaired) electrons. The molecule has 0 fully saturated rings. The van der Waals surface area contributed by atoms with Crippen LogP contribution in [0, 0.1) is 0 Å². The Labute approximate surface area is 118 Å². The molecule has 0 aliphatic rings. The molecule has 18 heavy (non-hydrogen) atoms. The minimum atomic E-state index is 0. The molecule has 0 spiro atoms. The second-order valence-corrected chi connectivity index (χ2v) is 4.28. The van der Waals surface area contributed by atoms with Crippen LogP contribution in [0.25, 0.3) is 0 Å². The van der Waals surface area contributed by atoms with Crippen LogP contribution in [0.15, 0.2) is 24.3 Å². The third-order valence-corrected chi connectivity index (χ3v) is 2.80. The van der Waals surface area contributed by atoms with Crippen molar-refractivity contribution in [3.8, 4) is 5.75 Å². The van der Waals surface area contributed by atoms with Gasteiger partial charge in [0.1, 0.15) is 5.75 Å². The molecule has 0 saturated carbocycles. The summed E-state index contributed by atoms with van der Waals surface area (Å²) < 4.78 is 5.59.